The van der Waals surface area contributed by atoms with Crippen LogP contribution in [0.15, 0.2) is 0 Å². The van der Waals surface area contributed by atoms with Gasteiger partial charge in [-0.3, -0.25) is 0 Å². The molecular formula is C15H28O2. The van der Waals surface area contributed by atoms with Crippen molar-refractivity contribution in [1.29, 1.82) is 0 Å². The van der Waals surface area contributed by atoms with Crippen molar-refractivity contribution in [3.63, 3.8) is 0 Å². The van der Waals surface area contributed by atoms with E-state index in [2.05, 4.69) is 6.92 Å². The maximum Gasteiger partial charge on any atom is 0.0700 e. The lowest BCUT2D eigenvalue weighted by molar-refractivity contribution is -0.105. The molecule has 100 valence electrons. The van der Waals surface area contributed by atoms with E-state index in [-0.39, 0.29) is 6.10 Å². The third-order valence-electron chi connectivity index (χ3n) is 5.23. The van der Waals surface area contributed by atoms with Gasteiger partial charge < -0.3 is 9.84 Å². The van der Waals surface area contributed by atoms with Gasteiger partial charge in [-0.2, -0.15) is 0 Å². The molecule has 0 saturated heterocycles. The second kappa shape index (κ2) is 5.71. The number of hydrogen-bond acceptors (Lipinski definition) is 2. The molecule has 2 nitrogen and oxygen atoms in total. The van der Waals surface area contributed by atoms with E-state index in [0.29, 0.717) is 5.92 Å². The predicted molar refractivity (Wildman–Crippen MR) is 70.0 cm³/mol. The molecule has 2 aliphatic rings. The van der Waals surface area contributed by atoms with Crippen LogP contribution in [0.5, 0.6) is 0 Å². The second-order valence-electron chi connectivity index (χ2n) is 6.18. The predicted octanol–water partition coefficient (Wildman–Crippen LogP) is 3.52. The fourth-order valence-corrected chi connectivity index (χ4v) is 3.91. The van der Waals surface area contributed by atoms with Crippen LogP contribution in [-0.4, -0.2) is 23.9 Å². The number of ether oxygens (including phenoxy) is 1. The monoisotopic (exact) mass is 240 g/mol. The number of rotatable bonds is 3. The fourth-order valence-electron chi connectivity index (χ4n) is 3.91. The topological polar surface area (TPSA) is 29.5 Å². The second-order valence-corrected chi connectivity index (χ2v) is 6.18. The van der Waals surface area contributed by atoms with Crippen LogP contribution >= 0.6 is 0 Å². The summed E-state index contributed by atoms with van der Waals surface area (Å²) in [6.45, 7) is 2.29. The Morgan fingerprint density at radius 1 is 1.18 bits per heavy atom. The van der Waals surface area contributed by atoms with Crippen molar-refractivity contribution in [3.05, 3.63) is 0 Å². The minimum Gasteiger partial charge on any atom is -0.390 e. The summed E-state index contributed by atoms with van der Waals surface area (Å²) >= 11 is 0. The first-order valence-corrected chi connectivity index (χ1v) is 7.43. The summed E-state index contributed by atoms with van der Waals surface area (Å²) in [6.07, 6.45) is 10.8. The highest BCUT2D eigenvalue weighted by Crippen LogP contribution is 2.43. The summed E-state index contributed by atoms with van der Waals surface area (Å²) < 4.78 is 5.46. The molecule has 0 radical (unpaired) electrons. The fraction of sp³-hybridized carbons (Fsp3) is 1.00. The van der Waals surface area contributed by atoms with Gasteiger partial charge in [-0.1, -0.05) is 26.2 Å². The van der Waals surface area contributed by atoms with Crippen molar-refractivity contribution >= 4 is 0 Å². The van der Waals surface area contributed by atoms with E-state index in [1.165, 1.54) is 32.1 Å². The van der Waals surface area contributed by atoms with E-state index >= 15 is 0 Å². The molecule has 2 saturated carbocycles. The highest BCUT2D eigenvalue weighted by molar-refractivity contribution is 4.94. The molecule has 2 aliphatic carbocycles. The number of aliphatic hydroxyl groups is 1. The third kappa shape index (κ3) is 3.03. The highest BCUT2D eigenvalue weighted by atomic mass is 16.5. The first kappa shape index (κ1) is 13.4. The molecule has 2 fully saturated rings. The summed E-state index contributed by atoms with van der Waals surface area (Å²) in [5, 5.41) is 10.9. The van der Waals surface area contributed by atoms with E-state index < -0.39 is 5.60 Å². The minimum atomic E-state index is -0.419. The van der Waals surface area contributed by atoms with Crippen LogP contribution in [-0.2, 0) is 4.74 Å². The average molecular weight is 240 g/mol. The van der Waals surface area contributed by atoms with Crippen LogP contribution in [0.3, 0.4) is 0 Å². The van der Waals surface area contributed by atoms with Gasteiger partial charge in [-0.25, -0.2) is 0 Å². The molecule has 0 heterocycles. The molecule has 2 heteroatoms. The zero-order valence-corrected chi connectivity index (χ0v) is 11.5. The van der Waals surface area contributed by atoms with Gasteiger partial charge >= 0.3 is 0 Å². The van der Waals surface area contributed by atoms with Crippen molar-refractivity contribution in [1.82, 2.24) is 0 Å². The first-order valence-electron chi connectivity index (χ1n) is 7.43. The lowest BCUT2D eigenvalue weighted by Crippen LogP contribution is -2.45. The number of hydrogen-bond donors (Lipinski definition) is 1. The lowest BCUT2D eigenvalue weighted by atomic mass is 9.67. The largest absolute Gasteiger partial charge is 0.390 e. The summed E-state index contributed by atoms with van der Waals surface area (Å²) in [5.74, 6) is 1.44. The van der Waals surface area contributed by atoms with E-state index in [1.54, 1.807) is 7.11 Å². The normalized spacial score (nSPS) is 43.6. The SMILES string of the molecule is CCC1CCC(C2(O)CCCC(OC)C2)CC1. The Labute approximate surface area is 106 Å². The van der Waals surface area contributed by atoms with Crippen LogP contribution in [0.25, 0.3) is 0 Å². The van der Waals surface area contributed by atoms with Crippen LogP contribution in [0.1, 0.15) is 64.7 Å². The number of methoxy groups -OCH3 is 1. The Balaban J connectivity index is 1.92. The first-order chi connectivity index (χ1) is 8.18. The van der Waals surface area contributed by atoms with Crippen molar-refractivity contribution in [2.45, 2.75) is 76.4 Å². The van der Waals surface area contributed by atoms with Gasteiger partial charge in [-0.15, -0.1) is 0 Å². The molecule has 2 unspecified atom stereocenters. The Morgan fingerprint density at radius 3 is 2.47 bits per heavy atom. The van der Waals surface area contributed by atoms with Gasteiger partial charge in [0.2, 0.25) is 0 Å². The van der Waals surface area contributed by atoms with Gasteiger partial charge in [0.05, 0.1) is 11.7 Å². The Bertz CT molecular complexity index is 233. The maximum absolute atomic E-state index is 10.9. The summed E-state index contributed by atoms with van der Waals surface area (Å²) in [6, 6.07) is 0. The Morgan fingerprint density at radius 2 is 1.88 bits per heavy atom. The molecule has 0 aromatic rings. The van der Waals surface area contributed by atoms with E-state index in [4.69, 9.17) is 4.74 Å². The van der Waals surface area contributed by atoms with E-state index in [1.807, 2.05) is 0 Å². The summed E-state index contributed by atoms with van der Waals surface area (Å²) in [7, 11) is 1.78. The van der Waals surface area contributed by atoms with Crippen molar-refractivity contribution in [2.75, 3.05) is 7.11 Å². The van der Waals surface area contributed by atoms with Gasteiger partial charge in [0.25, 0.3) is 0 Å². The van der Waals surface area contributed by atoms with Crippen LogP contribution < -0.4 is 0 Å². The molecule has 2 rings (SSSR count). The van der Waals surface area contributed by atoms with E-state index in [0.717, 1.165) is 31.6 Å². The molecule has 17 heavy (non-hydrogen) atoms. The molecule has 0 bridgehead atoms. The molecule has 0 spiro atoms. The summed E-state index contributed by atoms with van der Waals surface area (Å²) in [4.78, 5) is 0. The van der Waals surface area contributed by atoms with Gasteiger partial charge in [0.1, 0.15) is 0 Å². The Kier molecular flexibility index (Phi) is 4.48. The third-order valence-corrected chi connectivity index (χ3v) is 5.23. The Hall–Kier alpha value is -0.0800. The van der Waals surface area contributed by atoms with E-state index in [9.17, 15) is 5.11 Å². The molecular weight excluding hydrogens is 212 g/mol. The zero-order chi connectivity index (χ0) is 12.3. The van der Waals surface area contributed by atoms with Crippen molar-refractivity contribution < 1.29 is 9.84 Å². The molecule has 0 aromatic carbocycles. The van der Waals surface area contributed by atoms with Gasteiger partial charge in [0.15, 0.2) is 0 Å². The minimum absolute atomic E-state index is 0.289. The smallest absolute Gasteiger partial charge is 0.0700 e. The van der Waals surface area contributed by atoms with Crippen molar-refractivity contribution in [2.24, 2.45) is 11.8 Å². The molecule has 0 aliphatic heterocycles. The molecule has 0 amide bonds. The standard InChI is InChI=1S/C15H28O2/c1-3-12-6-8-13(9-7-12)15(16)10-4-5-14(11-15)17-2/h12-14,16H,3-11H2,1-2H3. The highest BCUT2D eigenvalue weighted by Gasteiger charge is 2.42. The average Bonchev–Trinajstić information content (AvgIpc) is 2.39. The maximum atomic E-state index is 10.9. The van der Waals surface area contributed by atoms with Crippen LogP contribution in [0, 0.1) is 11.8 Å². The van der Waals surface area contributed by atoms with Gasteiger partial charge in [0, 0.05) is 13.5 Å². The van der Waals surface area contributed by atoms with Crippen LogP contribution in [0.2, 0.25) is 0 Å². The molecule has 0 aromatic heterocycles. The molecule has 2 atom stereocenters. The molecule has 1 N–H and O–H groups in total. The van der Waals surface area contributed by atoms with Gasteiger partial charge in [-0.05, 0) is 43.9 Å². The lowest BCUT2D eigenvalue weighted by Gasteiger charge is -2.44. The van der Waals surface area contributed by atoms with Crippen LogP contribution in [0.4, 0.5) is 0 Å². The quantitative estimate of drug-likeness (QED) is 0.818. The van der Waals surface area contributed by atoms with Crippen molar-refractivity contribution in [3.8, 4) is 0 Å². The zero-order valence-electron chi connectivity index (χ0n) is 11.5. The summed E-state index contributed by atoms with van der Waals surface area (Å²) in [5.41, 5.74) is -0.419.